The molecule has 0 amide bonds. The Balaban J connectivity index is 2.01. The minimum Gasteiger partial charge on any atom is -0.353 e. The zero-order chi connectivity index (χ0) is 18.0. The van der Waals surface area contributed by atoms with Crippen LogP contribution in [0.15, 0.2) is 30.5 Å². The minimum absolute atomic E-state index is 0.189. The lowest BCUT2D eigenvalue weighted by atomic mass is 10.0. The van der Waals surface area contributed by atoms with Crippen molar-refractivity contribution in [2.75, 3.05) is 5.32 Å². The Morgan fingerprint density at radius 1 is 1.28 bits per heavy atom. The first-order valence-electron chi connectivity index (χ1n) is 7.81. The standard InChI is InChI=1S/C17H17ClN6O/c1-4-24-19-9-15(23-24)12-6-5-7-13(10(12)2)20-14-8-16(18)21-22-17(14)11(3)25/h5-9H,4H2,1-3H3,(H,20,21). The van der Waals surface area contributed by atoms with Gasteiger partial charge in [-0.3, -0.25) is 4.79 Å². The van der Waals surface area contributed by atoms with Crippen LogP contribution >= 0.6 is 11.6 Å². The van der Waals surface area contributed by atoms with Gasteiger partial charge in [0.1, 0.15) is 5.69 Å². The van der Waals surface area contributed by atoms with E-state index in [0.717, 1.165) is 22.5 Å². The van der Waals surface area contributed by atoms with Crippen molar-refractivity contribution >= 4 is 28.8 Å². The Bertz CT molecular complexity index is 937. The van der Waals surface area contributed by atoms with E-state index in [0.29, 0.717) is 12.2 Å². The molecule has 0 fully saturated rings. The van der Waals surface area contributed by atoms with E-state index in [2.05, 4.69) is 25.7 Å². The average Bonchev–Trinajstić information content (AvgIpc) is 3.05. The molecule has 0 unspecified atom stereocenters. The average molecular weight is 357 g/mol. The van der Waals surface area contributed by atoms with Crippen LogP contribution in [0, 0.1) is 6.92 Å². The molecule has 0 aliphatic heterocycles. The normalized spacial score (nSPS) is 10.7. The summed E-state index contributed by atoms with van der Waals surface area (Å²) >= 11 is 5.93. The van der Waals surface area contributed by atoms with Gasteiger partial charge in [0.05, 0.1) is 18.4 Å². The first-order chi connectivity index (χ1) is 12.0. The number of anilines is 2. The number of nitrogens with one attached hydrogen (secondary N) is 1. The fourth-order valence-corrected chi connectivity index (χ4v) is 2.64. The van der Waals surface area contributed by atoms with Crippen molar-refractivity contribution in [1.29, 1.82) is 0 Å². The lowest BCUT2D eigenvalue weighted by Crippen LogP contribution is -2.06. The first kappa shape index (κ1) is 17.0. The Labute approximate surface area is 150 Å². The van der Waals surface area contributed by atoms with Crippen LogP contribution in [0.4, 0.5) is 11.4 Å². The largest absolute Gasteiger partial charge is 0.353 e. The summed E-state index contributed by atoms with van der Waals surface area (Å²) in [4.78, 5) is 13.4. The lowest BCUT2D eigenvalue weighted by Gasteiger charge is -2.13. The highest BCUT2D eigenvalue weighted by molar-refractivity contribution is 6.29. The summed E-state index contributed by atoms with van der Waals surface area (Å²) in [6, 6.07) is 7.40. The molecular formula is C17H17ClN6O. The topological polar surface area (TPSA) is 85.6 Å². The number of aromatic nitrogens is 5. The van der Waals surface area contributed by atoms with Crippen molar-refractivity contribution in [3.05, 3.63) is 46.9 Å². The molecule has 0 bridgehead atoms. The van der Waals surface area contributed by atoms with Gasteiger partial charge in [-0.05, 0) is 25.5 Å². The van der Waals surface area contributed by atoms with E-state index in [-0.39, 0.29) is 16.6 Å². The third-order valence-corrected chi connectivity index (χ3v) is 3.98. The monoisotopic (exact) mass is 356 g/mol. The number of ketones is 1. The third kappa shape index (κ3) is 3.51. The van der Waals surface area contributed by atoms with E-state index in [1.807, 2.05) is 32.0 Å². The number of rotatable bonds is 5. The summed E-state index contributed by atoms with van der Waals surface area (Å²) in [6.07, 6.45) is 1.74. The first-order valence-corrected chi connectivity index (χ1v) is 8.18. The van der Waals surface area contributed by atoms with E-state index in [1.165, 1.54) is 6.92 Å². The molecule has 0 aliphatic rings. The molecule has 0 atom stereocenters. The zero-order valence-electron chi connectivity index (χ0n) is 14.1. The van der Waals surface area contributed by atoms with Gasteiger partial charge in [-0.25, -0.2) is 0 Å². The van der Waals surface area contributed by atoms with Crippen LogP contribution in [0.5, 0.6) is 0 Å². The van der Waals surface area contributed by atoms with E-state index < -0.39 is 0 Å². The van der Waals surface area contributed by atoms with Crippen LogP contribution in [0.1, 0.15) is 29.9 Å². The van der Waals surface area contributed by atoms with Crippen LogP contribution in [-0.4, -0.2) is 31.0 Å². The summed E-state index contributed by atoms with van der Waals surface area (Å²) in [5.41, 5.74) is 4.32. The number of hydrogen-bond donors (Lipinski definition) is 1. The van der Waals surface area contributed by atoms with Gasteiger partial charge in [0.25, 0.3) is 0 Å². The molecule has 0 spiro atoms. The molecule has 0 radical (unpaired) electrons. The van der Waals surface area contributed by atoms with Crippen LogP contribution in [-0.2, 0) is 6.54 Å². The van der Waals surface area contributed by atoms with Gasteiger partial charge < -0.3 is 5.32 Å². The minimum atomic E-state index is -0.189. The molecule has 1 N–H and O–H groups in total. The number of carbonyl (C=O) groups excluding carboxylic acids is 1. The number of benzene rings is 1. The maximum Gasteiger partial charge on any atom is 0.182 e. The molecule has 2 aromatic heterocycles. The second-order valence-corrected chi connectivity index (χ2v) is 5.89. The van der Waals surface area contributed by atoms with Crippen molar-refractivity contribution in [3.8, 4) is 11.3 Å². The molecule has 128 valence electrons. The van der Waals surface area contributed by atoms with Crippen LogP contribution in [0.25, 0.3) is 11.3 Å². The smallest absolute Gasteiger partial charge is 0.182 e. The summed E-state index contributed by atoms with van der Waals surface area (Å²) in [5, 5.41) is 19.7. The van der Waals surface area contributed by atoms with Gasteiger partial charge in [-0.15, -0.1) is 10.2 Å². The zero-order valence-corrected chi connectivity index (χ0v) is 14.9. The van der Waals surface area contributed by atoms with Crippen LogP contribution in [0.3, 0.4) is 0 Å². The van der Waals surface area contributed by atoms with Gasteiger partial charge in [0.15, 0.2) is 16.6 Å². The SMILES string of the molecule is CCn1ncc(-c2cccc(Nc3cc(Cl)nnc3C(C)=O)c2C)n1. The number of aryl methyl sites for hydroxylation is 1. The molecule has 25 heavy (non-hydrogen) atoms. The number of carbonyl (C=O) groups is 1. The highest BCUT2D eigenvalue weighted by Gasteiger charge is 2.14. The van der Waals surface area contributed by atoms with E-state index in [4.69, 9.17) is 11.6 Å². The summed E-state index contributed by atoms with van der Waals surface area (Å²) in [7, 11) is 0. The van der Waals surface area contributed by atoms with Crippen LogP contribution < -0.4 is 5.32 Å². The van der Waals surface area contributed by atoms with Crippen molar-refractivity contribution in [1.82, 2.24) is 25.2 Å². The van der Waals surface area contributed by atoms with Crippen LogP contribution in [0.2, 0.25) is 5.15 Å². The van der Waals surface area contributed by atoms with Crippen molar-refractivity contribution in [2.24, 2.45) is 0 Å². The van der Waals surface area contributed by atoms with Crippen molar-refractivity contribution in [2.45, 2.75) is 27.3 Å². The van der Waals surface area contributed by atoms with Gasteiger partial charge in [0, 0.05) is 24.2 Å². The summed E-state index contributed by atoms with van der Waals surface area (Å²) in [5.74, 6) is -0.189. The van der Waals surface area contributed by atoms with Gasteiger partial charge >= 0.3 is 0 Å². The van der Waals surface area contributed by atoms with Crippen molar-refractivity contribution in [3.63, 3.8) is 0 Å². The molecule has 7 nitrogen and oxygen atoms in total. The van der Waals surface area contributed by atoms with Gasteiger partial charge in [-0.2, -0.15) is 15.0 Å². The molecule has 8 heteroatoms. The van der Waals surface area contributed by atoms with E-state index in [9.17, 15) is 4.79 Å². The Morgan fingerprint density at radius 2 is 2.08 bits per heavy atom. The van der Waals surface area contributed by atoms with Gasteiger partial charge in [-0.1, -0.05) is 23.7 Å². The number of Topliss-reactive ketones (excluding diaryl/α,β-unsaturated/α-hetero) is 1. The third-order valence-electron chi connectivity index (χ3n) is 3.80. The molecular weight excluding hydrogens is 340 g/mol. The maximum atomic E-state index is 11.8. The Kier molecular flexibility index (Phi) is 4.76. The highest BCUT2D eigenvalue weighted by Crippen LogP contribution is 2.30. The predicted molar refractivity (Wildman–Crippen MR) is 96.2 cm³/mol. The second-order valence-electron chi connectivity index (χ2n) is 5.51. The maximum absolute atomic E-state index is 11.8. The Morgan fingerprint density at radius 3 is 2.76 bits per heavy atom. The fraction of sp³-hybridized carbons (Fsp3) is 0.235. The highest BCUT2D eigenvalue weighted by atomic mass is 35.5. The molecule has 1 aromatic carbocycles. The predicted octanol–water partition coefficient (Wildman–Crippen LogP) is 3.66. The number of hydrogen-bond acceptors (Lipinski definition) is 6. The summed E-state index contributed by atoms with van der Waals surface area (Å²) < 4.78 is 0. The number of nitrogens with zero attached hydrogens (tertiary/aromatic N) is 5. The summed E-state index contributed by atoms with van der Waals surface area (Å²) in [6.45, 7) is 6.11. The molecule has 0 saturated carbocycles. The fourth-order valence-electron chi connectivity index (χ4n) is 2.49. The molecule has 0 aliphatic carbocycles. The second kappa shape index (κ2) is 6.98. The Hall–Kier alpha value is -2.80. The van der Waals surface area contributed by atoms with Crippen molar-refractivity contribution < 1.29 is 4.79 Å². The molecule has 0 saturated heterocycles. The van der Waals surface area contributed by atoms with Gasteiger partial charge in [0.2, 0.25) is 0 Å². The molecule has 2 heterocycles. The number of halogens is 1. The lowest BCUT2D eigenvalue weighted by molar-refractivity contribution is 0.101. The molecule has 3 rings (SSSR count). The quantitative estimate of drug-likeness (QED) is 0.702. The van der Waals surface area contributed by atoms with E-state index in [1.54, 1.807) is 17.1 Å². The van der Waals surface area contributed by atoms with E-state index >= 15 is 0 Å². The molecule has 3 aromatic rings.